The molecule has 0 radical (unpaired) electrons. The maximum Gasteiger partial charge on any atom is 0.226 e. The van der Waals surface area contributed by atoms with E-state index in [1.54, 1.807) is 6.07 Å². The van der Waals surface area contributed by atoms with Gasteiger partial charge in [-0.15, -0.1) is 12.4 Å². The summed E-state index contributed by atoms with van der Waals surface area (Å²) in [5.41, 5.74) is 6.79. The van der Waals surface area contributed by atoms with Crippen LogP contribution in [-0.2, 0) is 4.79 Å². The molecule has 21 heavy (non-hydrogen) atoms. The number of carbonyl (C=O) groups excluding carboxylic acids is 1. The van der Waals surface area contributed by atoms with Gasteiger partial charge in [-0.3, -0.25) is 4.79 Å². The van der Waals surface area contributed by atoms with Crippen LogP contribution in [0.4, 0.5) is 0 Å². The Kier molecular flexibility index (Phi) is 5.42. The Hall–Kier alpha value is -0.480. The summed E-state index contributed by atoms with van der Waals surface area (Å²) in [7, 11) is 0. The zero-order valence-electron chi connectivity index (χ0n) is 11.6. The largest absolute Gasteiger partial charge is 0.342 e. The van der Waals surface area contributed by atoms with Crippen LogP contribution < -0.4 is 5.73 Å². The van der Waals surface area contributed by atoms with Gasteiger partial charge in [0, 0.05) is 19.0 Å². The second-order valence-corrected chi connectivity index (χ2v) is 6.61. The molecule has 116 valence electrons. The van der Waals surface area contributed by atoms with Crippen LogP contribution in [0.25, 0.3) is 0 Å². The first kappa shape index (κ1) is 16.9. The van der Waals surface area contributed by atoms with Crippen molar-refractivity contribution in [2.45, 2.75) is 18.8 Å². The van der Waals surface area contributed by atoms with Crippen molar-refractivity contribution >= 4 is 41.5 Å². The molecule has 6 heteroatoms. The van der Waals surface area contributed by atoms with E-state index in [9.17, 15) is 4.79 Å². The molecule has 3 unspecified atom stereocenters. The van der Waals surface area contributed by atoms with Gasteiger partial charge in [-0.1, -0.05) is 29.3 Å². The highest BCUT2D eigenvalue weighted by Crippen LogP contribution is 2.49. The number of rotatable bonds is 3. The van der Waals surface area contributed by atoms with Crippen molar-refractivity contribution in [3.63, 3.8) is 0 Å². The van der Waals surface area contributed by atoms with Gasteiger partial charge in [0.15, 0.2) is 0 Å². The van der Waals surface area contributed by atoms with E-state index < -0.39 is 0 Å². The van der Waals surface area contributed by atoms with Crippen LogP contribution in [0.2, 0.25) is 10.0 Å². The molecule has 0 bridgehead atoms. The third-order valence-electron chi connectivity index (χ3n) is 4.41. The van der Waals surface area contributed by atoms with E-state index in [0.29, 0.717) is 28.4 Å². The standard InChI is InChI=1S/C15H18Cl2N2O.ClH/c16-13-2-1-10(5-14(13)17)11-6-12(11)15(20)19-4-3-9(7-18)8-19;/h1-2,5,9,11-12H,3-4,6-8,18H2;1H. The Morgan fingerprint density at radius 1 is 1.33 bits per heavy atom. The predicted molar refractivity (Wildman–Crippen MR) is 88.3 cm³/mol. The predicted octanol–water partition coefficient (Wildman–Crippen LogP) is 3.33. The van der Waals surface area contributed by atoms with E-state index in [0.717, 1.165) is 31.5 Å². The minimum atomic E-state index is 0. The van der Waals surface area contributed by atoms with Crippen LogP contribution in [0, 0.1) is 11.8 Å². The van der Waals surface area contributed by atoms with Gasteiger partial charge in [0.2, 0.25) is 5.91 Å². The van der Waals surface area contributed by atoms with Gasteiger partial charge >= 0.3 is 0 Å². The van der Waals surface area contributed by atoms with Crippen LogP contribution in [0.15, 0.2) is 18.2 Å². The lowest BCUT2D eigenvalue weighted by Crippen LogP contribution is -2.31. The smallest absolute Gasteiger partial charge is 0.226 e. The van der Waals surface area contributed by atoms with Gasteiger partial charge in [0.05, 0.1) is 10.0 Å². The second kappa shape index (κ2) is 6.74. The fourth-order valence-electron chi connectivity index (χ4n) is 3.04. The van der Waals surface area contributed by atoms with Gasteiger partial charge in [-0.2, -0.15) is 0 Å². The van der Waals surface area contributed by atoms with Crippen molar-refractivity contribution in [2.24, 2.45) is 17.6 Å². The lowest BCUT2D eigenvalue weighted by Gasteiger charge is -2.16. The Bertz CT molecular complexity index is 538. The van der Waals surface area contributed by atoms with Crippen molar-refractivity contribution < 1.29 is 4.79 Å². The third kappa shape index (κ3) is 3.48. The Labute approximate surface area is 141 Å². The SMILES string of the molecule is Cl.NCC1CCN(C(=O)C2CC2c2ccc(Cl)c(Cl)c2)C1. The first-order chi connectivity index (χ1) is 9.60. The summed E-state index contributed by atoms with van der Waals surface area (Å²) in [4.78, 5) is 14.4. The van der Waals surface area contributed by atoms with E-state index in [2.05, 4.69) is 0 Å². The number of nitrogens with two attached hydrogens (primary N) is 1. The van der Waals surface area contributed by atoms with E-state index in [4.69, 9.17) is 28.9 Å². The lowest BCUT2D eigenvalue weighted by atomic mass is 10.1. The maximum atomic E-state index is 12.4. The zero-order chi connectivity index (χ0) is 14.3. The van der Waals surface area contributed by atoms with Crippen LogP contribution in [0.5, 0.6) is 0 Å². The van der Waals surface area contributed by atoms with E-state index in [1.165, 1.54) is 0 Å². The monoisotopic (exact) mass is 348 g/mol. The van der Waals surface area contributed by atoms with E-state index in [-0.39, 0.29) is 24.2 Å². The van der Waals surface area contributed by atoms with Gasteiger partial charge in [0.25, 0.3) is 0 Å². The summed E-state index contributed by atoms with van der Waals surface area (Å²) in [6, 6.07) is 5.66. The van der Waals surface area contributed by atoms with Crippen molar-refractivity contribution in [1.29, 1.82) is 0 Å². The molecule has 0 spiro atoms. The molecule has 3 nitrogen and oxygen atoms in total. The molecule has 1 aromatic carbocycles. The van der Waals surface area contributed by atoms with Gasteiger partial charge in [0.1, 0.15) is 0 Å². The first-order valence-electron chi connectivity index (χ1n) is 7.04. The molecule has 1 amide bonds. The molecule has 3 rings (SSSR count). The molecular weight excluding hydrogens is 331 g/mol. The number of amides is 1. The quantitative estimate of drug-likeness (QED) is 0.910. The van der Waals surface area contributed by atoms with Gasteiger partial charge in [-0.05, 0) is 48.9 Å². The van der Waals surface area contributed by atoms with Crippen molar-refractivity contribution in [3.05, 3.63) is 33.8 Å². The number of hydrogen-bond donors (Lipinski definition) is 1. The zero-order valence-corrected chi connectivity index (χ0v) is 13.9. The normalized spacial score (nSPS) is 27.4. The average Bonchev–Trinajstić information content (AvgIpc) is 3.10. The highest BCUT2D eigenvalue weighted by atomic mass is 35.5. The minimum absolute atomic E-state index is 0. The highest BCUT2D eigenvalue weighted by molar-refractivity contribution is 6.42. The minimum Gasteiger partial charge on any atom is -0.342 e. The molecular formula is C15H19Cl3N2O. The summed E-state index contributed by atoms with van der Waals surface area (Å²) < 4.78 is 0. The molecule has 2 N–H and O–H groups in total. The van der Waals surface area contributed by atoms with Crippen LogP contribution in [0.3, 0.4) is 0 Å². The molecule has 2 aliphatic rings. The summed E-state index contributed by atoms with van der Waals surface area (Å²) in [6.07, 6.45) is 1.95. The number of hydrogen-bond acceptors (Lipinski definition) is 2. The summed E-state index contributed by atoms with van der Waals surface area (Å²) >= 11 is 12.0. The van der Waals surface area contributed by atoms with Crippen molar-refractivity contribution in [1.82, 2.24) is 4.90 Å². The lowest BCUT2D eigenvalue weighted by molar-refractivity contribution is -0.131. The highest BCUT2D eigenvalue weighted by Gasteiger charge is 2.46. The van der Waals surface area contributed by atoms with E-state index >= 15 is 0 Å². The number of nitrogens with zero attached hydrogens (tertiary/aromatic N) is 1. The molecule has 1 saturated heterocycles. The first-order valence-corrected chi connectivity index (χ1v) is 7.79. The average molecular weight is 350 g/mol. The Balaban J connectivity index is 0.00000161. The van der Waals surface area contributed by atoms with Gasteiger partial charge < -0.3 is 10.6 Å². The maximum absolute atomic E-state index is 12.4. The molecule has 0 aromatic heterocycles. The summed E-state index contributed by atoms with van der Waals surface area (Å²) in [6.45, 7) is 2.34. The van der Waals surface area contributed by atoms with Crippen LogP contribution >= 0.6 is 35.6 Å². The van der Waals surface area contributed by atoms with Crippen LogP contribution in [-0.4, -0.2) is 30.4 Å². The summed E-state index contributed by atoms with van der Waals surface area (Å²) in [5.74, 6) is 1.16. The molecule has 1 saturated carbocycles. The fraction of sp³-hybridized carbons (Fsp3) is 0.533. The third-order valence-corrected chi connectivity index (χ3v) is 5.15. The Morgan fingerprint density at radius 3 is 2.71 bits per heavy atom. The number of halogens is 3. The molecule has 1 aliphatic heterocycles. The number of benzene rings is 1. The fourth-order valence-corrected chi connectivity index (χ4v) is 3.35. The molecule has 3 atom stereocenters. The summed E-state index contributed by atoms with van der Waals surface area (Å²) in [5, 5.41) is 1.12. The van der Waals surface area contributed by atoms with E-state index in [1.807, 2.05) is 17.0 Å². The molecule has 2 fully saturated rings. The number of carbonyl (C=O) groups is 1. The van der Waals surface area contributed by atoms with Crippen molar-refractivity contribution in [2.75, 3.05) is 19.6 Å². The second-order valence-electron chi connectivity index (χ2n) is 5.80. The molecule has 1 aliphatic carbocycles. The van der Waals surface area contributed by atoms with Crippen molar-refractivity contribution in [3.8, 4) is 0 Å². The molecule has 1 aromatic rings. The Morgan fingerprint density at radius 2 is 2.10 bits per heavy atom. The van der Waals surface area contributed by atoms with Crippen LogP contribution in [0.1, 0.15) is 24.3 Å². The number of likely N-dealkylation sites (tertiary alicyclic amines) is 1. The molecule has 1 heterocycles. The van der Waals surface area contributed by atoms with Gasteiger partial charge in [-0.25, -0.2) is 0 Å². The topological polar surface area (TPSA) is 46.3 Å².